The Balaban J connectivity index is 1.99. The van der Waals surface area contributed by atoms with Crippen molar-refractivity contribution in [2.45, 2.75) is 6.92 Å². The topological polar surface area (TPSA) is 42.0 Å². The van der Waals surface area contributed by atoms with Crippen LogP contribution in [0.15, 0.2) is 40.3 Å². The molecule has 2 heterocycles. The maximum Gasteiger partial charge on any atom is 0.265 e. The number of thiophene rings is 1. The number of pyridine rings is 1. The van der Waals surface area contributed by atoms with Crippen molar-refractivity contribution in [1.29, 1.82) is 0 Å². The summed E-state index contributed by atoms with van der Waals surface area (Å²) >= 11 is 10.9. The summed E-state index contributed by atoms with van der Waals surface area (Å²) in [5.74, 6) is -0.164. The number of halogens is 2. The number of aromatic nitrogens is 1. The summed E-state index contributed by atoms with van der Waals surface area (Å²) in [5, 5.41) is 4.34. The number of anilines is 1. The lowest BCUT2D eigenvalue weighted by Crippen LogP contribution is -2.10. The molecule has 2 aromatic heterocycles. The molecule has 0 aliphatic heterocycles. The number of carbonyl (C=O) groups excluding carboxylic acids is 1. The number of aryl methyl sites for hydroxylation is 1. The van der Waals surface area contributed by atoms with Crippen LogP contribution in [0.25, 0.3) is 10.9 Å². The van der Waals surface area contributed by atoms with Crippen LogP contribution >= 0.6 is 38.9 Å². The zero-order chi connectivity index (χ0) is 15.0. The van der Waals surface area contributed by atoms with E-state index in [0.717, 1.165) is 20.3 Å². The highest BCUT2D eigenvalue weighted by Gasteiger charge is 2.13. The maximum absolute atomic E-state index is 12.3. The number of nitrogens with zero attached hydrogens (tertiary/aromatic N) is 1. The second kappa shape index (κ2) is 5.75. The molecule has 6 heteroatoms. The molecule has 0 aliphatic carbocycles. The molecule has 0 atom stereocenters. The van der Waals surface area contributed by atoms with Gasteiger partial charge in [0.05, 0.1) is 19.9 Å². The number of benzene rings is 1. The summed E-state index contributed by atoms with van der Waals surface area (Å²) in [7, 11) is 0. The van der Waals surface area contributed by atoms with Gasteiger partial charge in [-0.25, -0.2) is 0 Å². The average Bonchev–Trinajstić information content (AvgIpc) is 2.78. The van der Waals surface area contributed by atoms with E-state index >= 15 is 0 Å². The molecular formula is C15H10BrClN2OS. The molecule has 1 aromatic carbocycles. The molecule has 0 spiro atoms. The van der Waals surface area contributed by atoms with Gasteiger partial charge in [0.25, 0.3) is 5.91 Å². The Bertz CT molecular complexity index is 827. The predicted molar refractivity (Wildman–Crippen MR) is 91.5 cm³/mol. The molecule has 0 bridgehead atoms. The van der Waals surface area contributed by atoms with Gasteiger partial charge in [0.15, 0.2) is 0 Å². The highest BCUT2D eigenvalue weighted by Crippen LogP contribution is 2.30. The van der Waals surface area contributed by atoms with Crippen LogP contribution in [0.4, 0.5) is 5.69 Å². The average molecular weight is 382 g/mol. The van der Waals surface area contributed by atoms with E-state index in [0.29, 0.717) is 15.6 Å². The lowest BCUT2D eigenvalue weighted by Gasteiger charge is -2.08. The second-order valence-corrected chi connectivity index (χ2v) is 7.36. The van der Waals surface area contributed by atoms with Gasteiger partial charge < -0.3 is 5.32 Å². The highest BCUT2D eigenvalue weighted by molar-refractivity contribution is 9.11. The van der Waals surface area contributed by atoms with E-state index < -0.39 is 0 Å². The molecular weight excluding hydrogens is 372 g/mol. The third kappa shape index (κ3) is 2.95. The quantitative estimate of drug-likeness (QED) is 0.657. The Morgan fingerprint density at radius 3 is 2.90 bits per heavy atom. The van der Waals surface area contributed by atoms with Crippen molar-refractivity contribution in [2.24, 2.45) is 0 Å². The summed E-state index contributed by atoms with van der Waals surface area (Å²) < 4.78 is 0.960. The summed E-state index contributed by atoms with van der Waals surface area (Å²) in [6, 6.07) is 9.14. The van der Waals surface area contributed by atoms with Gasteiger partial charge in [0.2, 0.25) is 0 Å². The lowest BCUT2D eigenvalue weighted by atomic mass is 10.2. The van der Waals surface area contributed by atoms with E-state index in [2.05, 4.69) is 26.2 Å². The van der Waals surface area contributed by atoms with Gasteiger partial charge >= 0.3 is 0 Å². The van der Waals surface area contributed by atoms with Crippen LogP contribution in [0, 0.1) is 6.92 Å². The molecule has 0 unspecified atom stereocenters. The molecule has 1 amide bonds. The van der Waals surface area contributed by atoms with E-state index in [1.165, 1.54) is 11.3 Å². The van der Waals surface area contributed by atoms with E-state index in [-0.39, 0.29) is 5.91 Å². The van der Waals surface area contributed by atoms with Crippen LogP contribution < -0.4 is 5.32 Å². The van der Waals surface area contributed by atoms with Crippen molar-refractivity contribution in [3.63, 3.8) is 0 Å². The summed E-state index contributed by atoms with van der Waals surface area (Å²) in [6.45, 7) is 1.95. The minimum Gasteiger partial charge on any atom is -0.319 e. The summed E-state index contributed by atoms with van der Waals surface area (Å²) in [4.78, 5) is 17.3. The Morgan fingerprint density at radius 1 is 1.38 bits per heavy atom. The first-order chi connectivity index (χ1) is 10.0. The Labute approximate surface area is 139 Å². The van der Waals surface area contributed by atoms with Crippen LogP contribution in [-0.2, 0) is 0 Å². The van der Waals surface area contributed by atoms with Gasteiger partial charge in [-0.1, -0.05) is 17.7 Å². The number of amides is 1. The van der Waals surface area contributed by atoms with Gasteiger partial charge in [-0.15, -0.1) is 11.3 Å². The number of carbonyl (C=O) groups is 1. The van der Waals surface area contributed by atoms with Crippen molar-refractivity contribution in [2.75, 3.05) is 5.32 Å². The van der Waals surface area contributed by atoms with Crippen LogP contribution in [0.2, 0.25) is 5.02 Å². The number of nitrogens with one attached hydrogen (secondary N) is 1. The third-order valence-electron chi connectivity index (χ3n) is 3.00. The first kappa shape index (κ1) is 14.5. The zero-order valence-electron chi connectivity index (χ0n) is 11.0. The van der Waals surface area contributed by atoms with E-state index in [4.69, 9.17) is 11.6 Å². The van der Waals surface area contributed by atoms with Gasteiger partial charge in [-0.3, -0.25) is 9.78 Å². The Morgan fingerprint density at radius 2 is 2.19 bits per heavy atom. The fourth-order valence-corrected chi connectivity index (χ4v) is 3.66. The van der Waals surface area contributed by atoms with E-state index in [1.54, 1.807) is 12.3 Å². The standard InChI is InChI=1S/C15H10BrClN2OS/c1-8-5-12(21-14(8)16)15(20)19-11-7-10(17)6-9-3-2-4-18-13(9)11/h2-7H,1H3,(H,19,20). The largest absolute Gasteiger partial charge is 0.319 e. The van der Waals surface area contributed by atoms with Gasteiger partial charge in [0.1, 0.15) is 0 Å². The fraction of sp³-hybridized carbons (Fsp3) is 0.0667. The van der Waals surface area contributed by atoms with Crippen LogP contribution in [0.1, 0.15) is 15.2 Å². The number of fused-ring (bicyclic) bond motifs is 1. The van der Waals surface area contributed by atoms with E-state index in [1.807, 2.05) is 31.2 Å². The third-order valence-corrected chi connectivity index (χ3v) is 5.35. The number of rotatable bonds is 2. The molecule has 0 saturated carbocycles. The van der Waals surface area contributed by atoms with E-state index in [9.17, 15) is 4.79 Å². The second-order valence-electron chi connectivity index (χ2n) is 4.55. The normalized spacial score (nSPS) is 10.8. The first-order valence-electron chi connectivity index (χ1n) is 6.16. The van der Waals surface area contributed by atoms with Crippen LogP contribution in [0.5, 0.6) is 0 Å². The zero-order valence-corrected chi connectivity index (χ0v) is 14.1. The molecule has 3 nitrogen and oxygen atoms in total. The first-order valence-corrected chi connectivity index (χ1v) is 8.15. The number of hydrogen-bond acceptors (Lipinski definition) is 3. The molecule has 1 N–H and O–H groups in total. The summed E-state index contributed by atoms with van der Waals surface area (Å²) in [6.07, 6.45) is 1.69. The molecule has 0 fully saturated rings. The summed E-state index contributed by atoms with van der Waals surface area (Å²) in [5.41, 5.74) is 2.38. The maximum atomic E-state index is 12.3. The minimum absolute atomic E-state index is 0.164. The van der Waals surface area contributed by atoms with Crippen molar-refractivity contribution in [3.8, 4) is 0 Å². The number of hydrogen-bond donors (Lipinski definition) is 1. The fourth-order valence-electron chi connectivity index (χ4n) is 2.01. The van der Waals surface area contributed by atoms with Crippen molar-refractivity contribution >= 4 is 61.4 Å². The van der Waals surface area contributed by atoms with Crippen molar-refractivity contribution in [1.82, 2.24) is 4.98 Å². The van der Waals surface area contributed by atoms with Crippen molar-refractivity contribution < 1.29 is 4.79 Å². The molecule has 0 radical (unpaired) electrons. The lowest BCUT2D eigenvalue weighted by molar-refractivity contribution is 0.103. The van der Waals surface area contributed by atoms with Gasteiger partial charge in [-0.05, 0) is 52.7 Å². The molecule has 3 aromatic rings. The smallest absolute Gasteiger partial charge is 0.265 e. The Kier molecular flexibility index (Phi) is 3.97. The molecule has 0 saturated heterocycles. The molecule has 106 valence electrons. The van der Waals surface area contributed by atoms with Crippen molar-refractivity contribution in [3.05, 3.63) is 55.8 Å². The minimum atomic E-state index is -0.164. The molecule has 3 rings (SSSR count). The monoisotopic (exact) mass is 380 g/mol. The van der Waals surface area contributed by atoms with Gasteiger partial charge in [0, 0.05) is 16.6 Å². The predicted octanol–water partition coefficient (Wildman–Crippen LogP) is 5.27. The molecule has 0 aliphatic rings. The Hall–Kier alpha value is -1.43. The van der Waals surface area contributed by atoms with Gasteiger partial charge in [-0.2, -0.15) is 0 Å². The highest BCUT2D eigenvalue weighted by atomic mass is 79.9. The molecule has 21 heavy (non-hydrogen) atoms. The SMILES string of the molecule is Cc1cc(C(=O)Nc2cc(Cl)cc3cccnc23)sc1Br. The van der Waals surface area contributed by atoms with Crippen LogP contribution in [-0.4, -0.2) is 10.9 Å². The van der Waals surface area contributed by atoms with Crippen LogP contribution in [0.3, 0.4) is 0 Å².